The van der Waals surface area contributed by atoms with Crippen molar-refractivity contribution in [1.82, 2.24) is 14.7 Å². The minimum Gasteiger partial charge on any atom is -0.460 e. The van der Waals surface area contributed by atoms with Crippen molar-refractivity contribution in [3.63, 3.8) is 0 Å². The first-order chi connectivity index (χ1) is 13.9. The fraction of sp³-hybridized carbons (Fsp3) is 0.300. The third-order valence-electron chi connectivity index (χ3n) is 5.08. The number of piperazine rings is 1. The fourth-order valence-corrected chi connectivity index (χ4v) is 3.47. The van der Waals surface area contributed by atoms with Crippen molar-refractivity contribution in [3.05, 3.63) is 64.0 Å². The Morgan fingerprint density at radius 2 is 1.79 bits per heavy atom. The Bertz CT molecular complexity index is 1050. The number of aromatic nitrogens is 2. The molecule has 9 heteroatoms. The Kier molecular flexibility index (Phi) is 4.79. The lowest BCUT2D eigenvalue weighted by atomic mass is 10.2. The number of hydrogen-bond acceptors (Lipinski definition) is 6. The van der Waals surface area contributed by atoms with Crippen LogP contribution < -0.4 is 4.90 Å². The zero-order valence-electron chi connectivity index (χ0n) is 16.2. The van der Waals surface area contributed by atoms with Gasteiger partial charge in [-0.2, -0.15) is 5.10 Å². The molecule has 29 heavy (non-hydrogen) atoms. The molecule has 0 aliphatic carbocycles. The summed E-state index contributed by atoms with van der Waals surface area (Å²) in [4.78, 5) is 27.3. The largest absolute Gasteiger partial charge is 0.460 e. The van der Waals surface area contributed by atoms with E-state index in [4.69, 9.17) is 4.42 Å². The van der Waals surface area contributed by atoms with Gasteiger partial charge < -0.3 is 14.2 Å². The molecule has 9 nitrogen and oxygen atoms in total. The number of nitro groups is 1. The molecular weight excluding hydrogens is 374 g/mol. The first-order valence-corrected chi connectivity index (χ1v) is 9.32. The molecule has 0 N–H and O–H groups in total. The van der Waals surface area contributed by atoms with Gasteiger partial charge in [-0.25, -0.2) is 0 Å². The van der Waals surface area contributed by atoms with Gasteiger partial charge in [0.05, 0.1) is 4.92 Å². The maximum Gasteiger partial charge on any atom is 0.272 e. The Hall–Kier alpha value is -3.62. The summed E-state index contributed by atoms with van der Waals surface area (Å²) in [6.45, 7) is 4.31. The van der Waals surface area contributed by atoms with Gasteiger partial charge in [-0.3, -0.25) is 19.6 Å². The van der Waals surface area contributed by atoms with Gasteiger partial charge in [-0.15, -0.1) is 0 Å². The maximum absolute atomic E-state index is 13.0. The molecule has 1 aliphatic heterocycles. The van der Waals surface area contributed by atoms with Crippen LogP contribution in [-0.4, -0.2) is 51.7 Å². The van der Waals surface area contributed by atoms with E-state index in [1.54, 1.807) is 34.8 Å². The topological polar surface area (TPSA) is 97.7 Å². The van der Waals surface area contributed by atoms with E-state index >= 15 is 0 Å². The summed E-state index contributed by atoms with van der Waals surface area (Å²) in [6, 6.07) is 11.9. The third kappa shape index (κ3) is 3.71. The standard InChI is InChI=1S/C20H21N5O4/c1-14-3-8-19(29-14)17-13-18(22(2)21-17)20(26)24-11-9-23(10-12-24)15-4-6-16(7-5-15)25(27)28/h3-8,13H,9-12H2,1-2H3. The van der Waals surface area contributed by atoms with Gasteiger partial charge in [0.1, 0.15) is 17.1 Å². The molecule has 0 saturated carbocycles. The van der Waals surface area contributed by atoms with Gasteiger partial charge >= 0.3 is 0 Å². The maximum atomic E-state index is 13.0. The van der Waals surface area contributed by atoms with Crippen LogP contribution in [-0.2, 0) is 7.05 Å². The predicted octanol–water partition coefficient (Wildman–Crippen LogP) is 2.86. The fourth-order valence-electron chi connectivity index (χ4n) is 3.47. The number of aryl methyl sites for hydroxylation is 2. The highest BCUT2D eigenvalue weighted by Gasteiger charge is 2.25. The molecule has 1 aromatic carbocycles. The molecule has 0 bridgehead atoms. The number of anilines is 1. The zero-order chi connectivity index (χ0) is 20.5. The summed E-state index contributed by atoms with van der Waals surface area (Å²) in [5.41, 5.74) is 2.13. The number of carbonyl (C=O) groups is 1. The van der Waals surface area contributed by atoms with Crippen molar-refractivity contribution in [1.29, 1.82) is 0 Å². The van der Waals surface area contributed by atoms with Crippen LogP contribution in [0.3, 0.4) is 0 Å². The number of hydrogen-bond donors (Lipinski definition) is 0. The predicted molar refractivity (Wildman–Crippen MR) is 107 cm³/mol. The monoisotopic (exact) mass is 395 g/mol. The van der Waals surface area contributed by atoms with Crippen molar-refractivity contribution in [2.45, 2.75) is 6.92 Å². The number of carbonyl (C=O) groups excluding carboxylic acids is 1. The second-order valence-corrected chi connectivity index (χ2v) is 7.00. The van der Waals surface area contributed by atoms with Gasteiger partial charge in [0.15, 0.2) is 5.76 Å². The van der Waals surface area contributed by atoms with E-state index < -0.39 is 4.92 Å². The molecule has 0 unspecified atom stereocenters. The molecule has 1 fully saturated rings. The highest BCUT2D eigenvalue weighted by Crippen LogP contribution is 2.24. The van der Waals surface area contributed by atoms with Crippen LogP contribution in [0.15, 0.2) is 46.9 Å². The van der Waals surface area contributed by atoms with Crippen LogP contribution >= 0.6 is 0 Å². The van der Waals surface area contributed by atoms with E-state index in [-0.39, 0.29) is 11.6 Å². The molecule has 1 aliphatic rings. The van der Waals surface area contributed by atoms with Crippen LogP contribution in [0.4, 0.5) is 11.4 Å². The molecule has 1 saturated heterocycles. The second kappa shape index (κ2) is 7.42. The van der Waals surface area contributed by atoms with Crippen LogP contribution in [0.2, 0.25) is 0 Å². The van der Waals surface area contributed by atoms with Crippen molar-refractivity contribution in [3.8, 4) is 11.5 Å². The lowest BCUT2D eigenvalue weighted by Crippen LogP contribution is -2.49. The lowest BCUT2D eigenvalue weighted by Gasteiger charge is -2.36. The Labute approximate surface area is 167 Å². The second-order valence-electron chi connectivity index (χ2n) is 7.00. The summed E-state index contributed by atoms with van der Waals surface area (Å²) < 4.78 is 7.18. The molecule has 4 rings (SSSR count). The highest BCUT2D eigenvalue weighted by atomic mass is 16.6. The average Bonchev–Trinajstić information content (AvgIpc) is 3.33. The number of nitro benzene ring substituents is 1. The molecule has 0 spiro atoms. The van der Waals surface area contributed by atoms with Gasteiger partial charge in [-0.1, -0.05) is 0 Å². The van der Waals surface area contributed by atoms with Crippen LogP contribution in [0, 0.1) is 17.0 Å². The molecule has 3 heterocycles. The number of amides is 1. The van der Waals surface area contributed by atoms with E-state index in [1.165, 1.54) is 12.1 Å². The van der Waals surface area contributed by atoms with Gasteiger partial charge in [0.2, 0.25) is 0 Å². The first kappa shape index (κ1) is 18.7. The van der Waals surface area contributed by atoms with Crippen LogP contribution in [0.25, 0.3) is 11.5 Å². The summed E-state index contributed by atoms with van der Waals surface area (Å²) >= 11 is 0. The van der Waals surface area contributed by atoms with E-state index in [0.29, 0.717) is 43.3 Å². The number of nitrogens with zero attached hydrogens (tertiary/aromatic N) is 5. The minimum atomic E-state index is -0.410. The SMILES string of the molecule is Cc1ccc(-c2cc(C(=O)N3CCN(c4ccc([N+](=O)[O-])cc4)CC3)n(C)n2)o1. The normalized spacial score (nSPS) is 14.3. The number of rotatable bonds is 4. The number of benzene rings is 1. The lowest BCUT2D eigenvalue weighted by molar-refractivity contribution is -0.384. The molecule has 1 amide bonds. The number of furan rings is 1. The summed E-state index contributed by atoms with van der Waals surface area (Å²) in [5.74, 6) is 1.36. The smallest absolute Gasteiger partial charge is 0.272 e. The molecule has 150 valence electrons. The van der Waals surface area contributed by atoms with Crippen molar-refractivity contribution in [2.24, 2.45) is 7.05 Å². The quantitative estimate of drug-likeness (QED) is 0.498. The van der Waals surface area contributed by atoms with Gasteiger partial charge in [0, 0.05) is 57.1 Å². The Balaban J connectivity index is 1.43. The third-order valence-corrected chi connectivity index (χ3v) is 5.08. The van der Waals surface area contributed by atoms with Gasteiger partial charge in [-0.05, 0) is 31.2 Å². The van der Waals surface area contributed by atoms with E-state index in [1.807, 2.05) is 19.1 Å². The van der Waals surface area contributed by atoms with E-state index in [9.17, 15) is 14.9 Å². The van der Waals surface area contributed by atoms with E-state index in [0.717, 1.165) is 11.4 Å². The molecule has 0 radical (unpaired) electrons. The summed E-state index contributed by atoms with van der Waals surface area (Å²) in [7, 11) is 1.75. The number of non-ortho nitro benzene ring substituents is 1. The molecule has 3 aromatic rings. The zero-order valence-corrected chi connectivity index (χ0v) is 16.2. The summed E-state index contributed by atoms with van der Waals surface area (Å²) in [5, 5.41) is 15.2. The van der Waals surface area contributed by atoms with Crippen LogP contribution in [0.1, 0.15) is 16.2 Å². The van der Waals surface area contributed by atoms with Crippen molar-refractivity contribution in [2.75, 3.05) is 31.1 Å². The van der Waals surface area contributed by atoms with Crippen molar-refractivity contribution >= 4 is 17.3 Å². The molecule has 0 atom stereocenters. The Morgan fingerprint density at radius 1 is 1.10 bits per heavy atom. The minimum absolute atomic E-state index is 0.0707. The molecular formula is C20H21N5O4. The molecule has 2 aromatic heterocycles. The van der Waals surface area contributed by atoms with E-state index in [2.05, 4.69) is 10.00 Å². The summed E-state index contributed by atoms with van der Waals surface area (Å²) in [6.07, 6.45) is 0. The van der Waals surface area contributed by atoms with Crippen LogP contribution in [0.5, 0.6) is 0 Å². The van der Waals surface area contributed by atoms with Gasteiger partial charge in [0.25, 0.3) is 11.6 Å². The van der Waals surface area contributed by atoms with Crippen molar-refractivity contribution < 1.29 is 14.1 Å². The highest BCUT2D eigenvalue weighted by molar-refractivity contribution is 5.93. The first-order valence-electron chi connectivity index (χ1n) is 9.32. The average molecular weight is 395 g/mol. The Morgan fingerprint density at radius 3 is 2.38 bits per heavy atom.